The van der Waals surface area contributed by atoms with Gasteiger partial charge in [-0.25, -0.2) is 14.5 Å². The van der Waals surface area contributed by atoms with E-state index < -0.39 is 23.6 Å². The number of aryl methyl sites for hydroxylation is 2. The molecule has 2 heterocycles. The Labute approximate surface area is 197 Å². The third kappa shape index (κ3) is 5.23. The van der Waals surface area contributed by atoms with Crippen LogP contribution in [0.15, 0.2) is 42.5 Å². The molecule has 0 unspecified atom stereocenters. The monoisotopic (exact) mass is 459 g/mol. The highest BCUT2D eigenvalue weighted by molar-refractivity contribution is 5.88. The highest BCUT2D eigenvalue weighted by Gasteiger charge is 2.43. The number of nitrogens with one attached hydrogen (secondary N) is 1. The normalized spacial score (nSPS) is 14.4. The Kier molecular flexibility index (Phi) is 6.32. The van der Waals surface area contributed by atoms with Crippen molar-refractivity contribution in [3.63, 3.8) is 0 Å². The molecule has 0 aliphatic heterocycles. The van der Waals surface area contributed by atoms with Crippen molar-refractivity contribution in [3.05, 3.63) is 59.3 Å². The highest BCUT2D eigenvalue weighted by atomic mass is 16.6. The lowest BCUT2D eigenvalue weighted by atomic mass is 10.0. The van der Waals surface area contributed by atoms with Crippen molar-refractivity contribution in [2.75, 3.05) is 5.32 Å². The van der Waals surface area contributed by atoms with Gasteiger partial charge in [0.25, 0.3) is 0 Å². The van der Waals surface area contributed by atoms with Crippen LogP contribution in [0.4, 0.5) is 10.6 Å². The number of pyridine rings is 1. The molecule has 1 saturated carbocycles. The number of carboxylic acid groups (broad SMARTS) is 1. The second-order valence-corrected chi connectivity index (χ2v) is 8.42. The van der Waals surface area contributed by atoms with Crippen molar-refractivity contribution in [1.82, 2.24) is 20.0 Å². The molecule has 0 spiro atoms. The molecule has 2 aromatic heterocycles. The SMILES string of the molecule is Cc1nc(-c2nnn(C)c2NC(=O)O[C@H](C)c2ccccc2)ccc1C#CC1(CC(=O)O)CC1. The average Bonchev–Trinajstić information content (AvgIpc) is 3.47. The number of nitrogens with zero attached hydrogens (tertiary/aromatic N) is 4. The van der Waals surface area contributed by atoms with E-state index in [4.69, 9.17) is 9.84 Å². The fourth-order valence-electron chi connectivity index (χ4n) is 3.56. The van der Waals surface area contributed by atoms with Crippen molar-refractivity contribution in [2.45, 2.75) is 39.2 Å². The number of anilines is 1. The number of rotatable bonds is 6. The Bertz CT molecular complexity index is 1290. The van der Waals surface area contributed by atoms with Gasteiger partial charge in [-0.1, -0.05) is 47.4 Å². The third-order valence-corrected chi connectivity index (χ3v) is 5.73. The van der Waals surface area contributed by atoms with Gasteiger partial charge in [0.05, 0.1) is 17.8 Å². The van der Waals surface area contributed by atoms with E-state index in [9.17, 15) is 9.59 Å². The van der Waals surface area contributed by atoms with Crippen molar-refractivity contribution in [1.29, 1.82) is 0 Å². The van der Waals surface area contributed by atoms with Gasteiger partial charge in [-0.05, 0) is 44.4 Å². The van der Waals surface area contributed by atoms with E-state index in [1.165, 1.54) is 4.68 Å². The molecule has 9 nitrogen and oxygen atoms in total. The molecule has 1 aliphatic rings. The second-order valence-electron chi connectivity index (χ2n) is 8.42. The second kappa shape index (κ2) is 9.35. The zero-order valence-corrected chi connectivity index (χ0v) is 19.2. The van der Waals surface area contributed by atoms with Crippen LogP contribution in [0, 0.1) is 24.2 Å². The molecular weight excluding hydrogens is 434 g/mol. The summed E-state index contributed by atoms with van der Waals surface area (Å²) in [6.07, 6.45) is 0.586. The van der Waals surface area contributed by atoms with Crippen LogP contribution in [0.2, 0.25) is 0 Å². The van der Waals surface area contributed by atoms with Crippen LogP contribution in [0.25, 0.3) is 11.4 Å². The molecule has 0 saturated heterocycles. The van der Waals surface area contributed by atoms with Crippen LogP contribution in [-0.4, -0.2) is 37.1 Å². The zero-order valence-electron chi connectivity index (χ0n) is 19.2. The number of carboxylic acids is 1. The summed E-state index contributed by atoms with van der Waals surface area (Å²) in [7, 11) is 1.66. The van der Waals surface area contributed by atoms with Gasteiger partial charge in [-0.15, -0.1) is 5.10 Å². The molecule has 2 N–H and O–H groups in total. The molecule has 1 atom stereocenters. The van der Waals surface area contributed by atoms with Gasteiger partial charge in [0, 0.05) is 18.0 Å². The third-order valence-electron chi connectivity index (χ3n) is 5.73. The number of aliphatic carboxylic acids is 1. The maximum atomic E-state index is 12.5. The first kappa shape index (κ1) is 23.0. The minimum absolute atomic E-state index is 0.0538. The maximum absolute atomic E-state index is 12.5. The maximum Gasteiger partial charge on any atom is 0.413 e. The molecule has 1 aliphatic carbocycles. The van der Waals surface area contributed by atoms with Gasteiger partial charge >= 0.3 is 12.1 Å². The van der Waals surface area contributed by atoms with Crippen LogP contribution in [-0.2, 0) is 16.6 Å². The Morgan fingerprint density at radius 2 is 1.97 bits per heavy atom. The lowest BCUT2D eigenvalue weighted by molar-refractivity contribution is -0.137. The van der Waals surface area contributed by atoms with Crippen molar-refractivity contribution in [3.8, 4) is 23.2 Å². The zero-order chi connectivity index (χ0) is 24.3. The van der Waals surface area contributed by atoms with E-state index in [1.807, 2.05) is 43.3 Å². The van der Waals surface area contributed by atoms with E-state index in [0.717, 1.165) is 24.0 Å². The lowest BCUT2D eigenvalue weighted by Crippen LogP contribution is -2.18. The van der Waals surface area contributed by atoms with Crippen LogP contribution < -0.4 is 5.32 Å². The number of aromatic nitrogens is 4. The molecule has 1 amide bonds. The summed E-state index contributed by atoms with van der Waals surface area (Å²) >= 11 is 0. The lowest BCUT2D eigenvalue weighted by Gasteiger charge is -2.14. The number of carbonyl (C=O) groups excluding carboxylic acids is 1. The molecule has 1 aromatic carbocycles. The van der Waals surface area contributed by atoms with Gasteiger partial charge in [0.2, 0.25) is 0 Å². The summed E-state index contributed by atoms with van der Waals surface area (Å²) in [6.45, 7) is 3.62. The van der Waals surface area contributed by atoms with Crippen LogP contribution in [0.5, 0.6) is 0 Å². The molecule has 34 heavy (non-hydrogen) atoms. The molecule has 3 aromatic rings. The van der Waals surface area contributed by atoms with Gasteiger partial charge in [-0.3, -0.25) is 10.1 Å². The first-order chi connectivity index (χ1) is 16.3. The molecule has 1 fully saturated rings. The first-order valence-corrected chi connectivity index (χ1v) is 10.9. The molecule has 0 radical (unpaired) electrons. The molecule has 4 rings (SSSR count). The van der Waals surface area contributed by atoms with Gasteiger partial charge in [-0.2, -0.15) is 0 Å². The largest absolute Gasteiger partial charge is 0.481 e. The van der Waals surface area contributed by atoms with Crippen molar-refractivity contribution < 1.29 is 19.4 Å². The minimum atomic E-state index is -0.837. The fourth-order valence-corrected chi connectivity index (χ4v) is 3.56. The van der Waals surface area contributed by atoms with E-state index in [-0.39, 0.29) is 6.42 Å². The predicted octanol–water partition coefficient (Wildman–Crippen LogP) is 4.10. The van der Waals surface area contributed by atoms with E-state index in [0.29, 0.717) is 22.9 Å². The Morgan fingerprint density at radius 1 is 1.24 bits per heavy atom. The molecule has 0 bridgehead atoms. The van der Waals surface area contributed by atoms with Crippen molar-refractivity contribution >= 4 is 17.9 Å². The number of carbonyl (C=O) groups is 2. The topological polar surface area (TPSA) is 119 Å². The summed E-state index contributed by atoms with van der Waals surface area (Å²) in [4.78, 5) is 28.2. The molecule has 9 heteroatoms. The number of benzene rings is 1. The van der Waals surface area contributed by atoms with E-state index >= 15 is 0 Å². The number of ether oxygens (including phenoxy) is 1. The Hall–Kier alpha value is -4.19. The quantitative estimate of drug-likeness (QED) is 0.533. The Morgan fingerprint density at radius 3 is 2.62 bits per heavy atom. The standard InChI is InChI=1S/C25H25N5O4/c1-16-18(11-12-25(13-14-25)15-21(31)32)9-10-20(26-16)22-23(30(3)29-28-22)27-24(33)34-17(2)19-7-5-4-6-8-19/h4-10,17H,13-15H2,1-3H3,(H,27,33)(H,31,32)/t17-/m1/s1. The smallest absolute Gasteiger partial charge is 0.413 e. The summed E-state index contributed by atoms with van der Waals surface area (Å²) in [5.74, 6) is 5.72. The summed E-state index contributed by atoms with van der Waals surface area (Å²) in [5, 5.41) is 19.9. The van der Waals surface area contributed by atoms with Crippen LogP contribution in [0.1, 0.15) is 49.1 Å². The number of hydrogen-bond acceptors (Lipinski definition) is 6. The van der Waals surface area contributed by atoms with Gasteiger partial charge in [0.15, 0.2) is 11.5 Å². The van der Waals surface area contributed by atoms with E-state index in [1.54, 1.807) is 20.0 Å². The molecule has 174 valence electrons. The highest BCUT2D eigenvalue weighted by Crippen LogP contribution is 2.48. The van der Waals surface area contributed by atoms with Crippen molar-refractivity contribution in [2.24, 2.45) is 12.5 Å². The molecular formula is C25H25N5O4. The van der Waals surface area contributed by atoms with Crippen LogP contribution in [0.3, 0.4) is 0 Å². The number of hydrogen-bond donors (Lipinski definition) is 2. The fraction of sp³-hybridized carbons (Fsp3) is 0.320. The Balaban J connectivity index is 1.50. The summed E-state index contributed by atoms with van der Waals surface area (Å²) in [6, 6.07) is 13.0. The van der Waals surface area contributed by atoms with Gasteiger partial charge in [0.1, 0.15) is 6.10 Å². The van der Waals surface area contributed by atoms with Gasteiger partial charge < -0.3 is 9.84 Å². The van der Waals surface area contributed by atoms with E-state index in [2.05, 4.69) is 32.5 Å². The summed E-state index contributed by atoms with van der Waals surface area (Å²) < 4.78 is 6.94. The average molecular weight is 460 g/mol. The number of amides is 1. The summed E-state index contributed by atoms with van der Waals surface area (Å²) in [5.41, 5.74) is 2.78. The first-order valence-electron chi connectivity index (χ1n) is 10.9. The van der Waals surface area contributed by atoms with Crippen LogP contribution >= 0.6 is 0 Å². The minimum Gasteiger partial charge on any atom is -0.481 e. The predicted molar refractivity (Wildman–Crippen MR) is 125 cm³/mol.